The van der Waals surface area contributed by atoms with Gasteiger partial charge in [0, 0.05) is 18.3 Å². The molecule has 0 spiro atoms. The van der Waals surface area contributed by atoms with E-state index < -0.39 is 0 Å². The lowest BCUT2D eigenvalue weighted by Crippen LogP contribution is -2.09. The number of rotatable bonds is 4. The molecule has 0 unspecified atom stereocenters. The summed E-state index contributed by atoms with van der Waals surface area (Å²) >= 11 is 0. The number of hydroxylamine groups is 1. The molecule has 4 heteroatoms. The van der Waals surface area contributed by atoms with Gasteiger partial charge >= 0.3 is 0 Å². The largest absolute Gasteiger partial charge is 0.305 e. The topological polar surface area (TPSA) is 39.1 Å². The van der Waals surface area contributed by atoms with Gasteiger partial charge in [-0.25, -0.2) is 4.68 Å². The fourth-order valence-corrected chi connectivity index (χ4v) is 1.33. The van der Waals surface area contributed by atoms with Gasteiger partial charge in [-0.05, 0) is 12.1 Å². The highest BCUT2D eigenvalue weighted by Crippen LogP contribution is 2.07. The Morgan fingerprint density at radius 1 is 1.33 bits per heavy atom. The molecule has 1 aromatic carbocycles. The first-order chi connectivity index (χ1) is 7.40. The SMILES string of the molecule is CONCc1cnn(-c2ccccc2)c1. The first-order valence-electron chi connectivity index (χ1n) is 4.75. The van der Waals surface area contributed by atoms with Crippen LogP contribution in [0.25, 0.3) is 5.69 Å². The van der Waals surface area contributed by atoms with Crippen molar-refractivity contribution < 1.29 is 4.84 Å². The Morgan fingerprint density at radius 2 is 2.13 bits per heavy atom. The third-order valence-electron chi connectivity index (χ3n) is 2.08. The van der Waals surface area contributed by atoms with Crippen LogP contribution in [0.3, 0.4) is 0 Å². The van der Waals surface area contributed by atoms with Gasteiger partial charge < -0.3 is 4.84 Å². The molecule has 0 aliphatic carbocycles. The van der Waals surface area contributed by atoms with E-state index in [2.05, 4.69) is 10.6 Å². The summed E-state index contributed by atoms with van der Waals surface area (Å²) in [6.07, 6.45) is 3.79. The van der Waals surface area contributed by atoms with E-state index in [1.807, 2.05) is 47.4 Å². The number of aromatic nitrogens is 2. The van der Waals surface area contributed by atoms with Crippen molar-refractivity contribution in [2.75, 3.05) is 7.11 Å². The zero-order valence-electron chi connectivity index (χ0n) is 8.55. The number of nitrogens with one attached hydrogen (secondary N) is 1. The molecule has 78 valence electrons. The lowest BCUT2D eigenvalue weighted by atomic mass is 10.3. The molecule has 0 radical (unpaired) electrons. The molecular formula is C11H13N3O. The molecule has 0 amide bonds. The van der Waals surface area contributed by atoms with Gasteiger partial charge in [-0.3, -0.25) is 0 Å². The molecular weight excluding hydrogens is 190 g/mol. The maximum absolute atomic E-state index is 4.77. The summed E-state index contributed by atoms with van der Waals surface area (Å²) in [6, 6.07) is 10.00. The first-order valence-corrected chi connectivity index (χ1v) is 4.75. The summed E-state index contributed by atoms with van der Waals surface area (Å²) in [7, 11) is 1.60. The van der Waals surface area contributed by atoms with Crippen LogP contribution in [0.1, 0.15) is 5.56 Å². The van der Waals surface area contributed by atoms with Crippen molar-refractivity contribution in [3.05, 3.63) is 48.3 Å². The number of benzene rings is 1. The second-order valence-corrected chi connectivity index (χ2v) is 3.15. The van der Waals surface area contributed by atoms with Crippen molar-refractivity contribution in [1.29, 1.82) is 0 Å². The number of hydrogen-bond acceptors (Lipinski definition) is 3. The van der Waals surface area contributed by atoms with Crippen molar-refractivity contribution in [2.24, 2.45) is 0 Å². The minimum absolute atomic E-state index is 0.656. The Hall–Kier alpha value is -1.65. The summed E-state index contributed by atoms with van der Waals surface area (Å²) < 4.78 is 1.84. The normalized spacial score (nSPS) is 10.5. The summed E-state index contributed by atoms with van der Waals surface area (Å²) in [6.45, 7) is 0.656. The van der Waals surface area contributed by atoms with Crippen LogP contribution in [0.15, 0.2) is 42.7 Å². The monoisotopic (exact) mass is 203 g/mol. The predicted molar refractivity (Wildman–Crippen MR) is 57.4 cm³/mol. The van der Waals surface area contributed by atoms with E-state index in [1.165, 1.54) is 0 Å². The van der Waals surface area contributed by atoms with Gasteiger partial charge in [0.1, 0.15) is 0 Å². The molecule has 0 saturated carbocycles. The van der Waals surface area contributed by atoms with Crippen molar-refractivity contribution in [1.82, 2.24) is 15.3 Å². The van der Waals surface area contributed by atoms with E-state index in [4.69, 9.17) is 4.84 Å². The Bertz CT molecular complexity index is 411. The minimum atomic E-state index is 0.656. The number of para-hydroxylation sites is 1. The van der Waals surface area contributed by atoms with Crippen molar-refractivity contribution in [3.63, 3.8) is 0 Å². The summed E-state index contributed by atoms with van der Waals surface area (Å²) in [4.78, 5) is 4.77. The van der Waals surface area contributed by atoms with Crippen LogP contribution in [0.4, 0.5) is 0 Å². The van der Waals surface area contributed by atoms with E-state index in [9.17, 15) is 0 Å². The van der Waals surface area contributed by atoms with E-state index in [1.54, 1.807) is 7.11 Å². The van der Waals surface area contributed by atoms with Crippen molar-refractivity contribution >= 4 is 0 Å². The number of nitrogens with zero attached hydrogens (tertiary/aromatic N) is 2. The molecule has 15 heavy (non-hydrogen) atoms. The zero-order chi connectivity index (χ0) is 10.5. The van der Waals surface area contributed by atoms with Crippen LogP contribution in [0.2, 0.25) is 0 Å². The highest BCUT2D eigenvalue weighted by Gasteiger charge is 1.99. The highest BCUT2D eigenvalue weighted by atomic mass is 16.6. The fourth-order valence-electron chi connectivity index (χ4n) is 1.33. The van der Waals surface area contributed by atoms with Crippen LogP contribution in [0.5, 0.6) is 0 Å². The van der Waals surface area contributed by atoms with Crippen molar-refractivity contribution in [2.45, 2.75) is 6.54 Å². The maximum Gasteiger partial charge on any atom is 0.0645 e. The van der Waals surface area contributed by atoms with Gasteiger partial charge in [-0.2, -0.15) is 10.6 Å². The fraction of sp³-hybridized carbons (Fsp3) is 0.182. The Balaban J connectivity index is 2.14. The molecule has 0 fully saturated rings. The van der Waals surface area contributed by atoms with Crippen molar-refractivity contribution in [3.8, 4) is 5.69 Å². The summed E-state index contributed by atoms with van der Waals surface area (Å²) in [5, 5.41) is 4.26. The molecule has 0 atom stereocenters. The molecule has 2 rings (SSSR count). The van der Waals surface area contributed by atoms with Crippen LogP contribution < -0.4 is 5.48 Å². The average molecular weight is 203 g/mol. The quantitative estimate of drug-likeness (QED) is 0.766. The maximum atomic E-state index is 4.77. The third kappa shape index (κ3) is 2.43. The molecule has 0 aliphatic heterocycles. The van der Waals surface area contributed by atoms with Gasteiger partial charge in [-0.1, -0.05) is 18.2 Å². The Morgan fingerprint density at radius 3 is 2.87 bits per heavy atom. The van der Waals surface area contributed by atoms with Gasteiger partial charge in [0.2, 0.25) is 0 Å². The van der Waals surface area contributed by atoms with Gasteiger partial charge in [0.15, 0.2) is 0 Å². The van der Waals surface area contributed by atoms with Gasteiger partial charge in [-0.15, -0.1) is 0 Å². The molecule has 2 aromatic rings. The van der Waals surface area contributed by atoms with Gasteiger partial charge in [0.25, 0.3) is 0 Å². The molecule has 0 saturated heterocycles. The predicted octanol–water partition coefficient (Wildman–Crippen LogP) is 1.52. The molecule has 4 nitrogen and oxygen atoms in total. The van der Waals surface area contributed by atoms with Gasteiger partial charge in [0.05, 0.1) is 19.0 Å². The molecule has 0 aliphatic rings. The number of hydrogen-bond donors (Lipinski definition) is 1. The summed E-state index contributed by atoms with van der Waals surface area (Å²) in [5.41, 5.74) is 4.92. The molecule has 1 N–H and O–H groups in total. The van der Waals surface area contributed by atoms with Crippen LogP contribution in [-0.2, 0) is 11.4 Å². The Kier molecular flexibility index (Phi) is 3.11. The molecule has 1 heterocycles. The van der Waals surface area contributed by atoms with E-state index in [-0.39, 0.29) is 0 Å². The highest BCUT2D eigenvalue weighted by molar-refractivity contribution is 5.30. The van der Waals surface area contributed by atoms with E-state index in [0.717, 1.165) is 11.3 Å². The van der Waals surface area contributed by atoms with E-state index in [0.29, 0.717) is 6.54 Å². The lowest BCUT2D eigenvalue weighted by Gasteiger charge is -1.99. The second kappa shape index (κ2) is 4.72. The zero-order valence-corrected chi connectivity index (χ0v) is 8.55. The average Bonchev–Trinajstić information content (AvgIpc) is 2.76. The molecule has 1 aromatic heterocycles. The van der Waals surface area contributed by atoms with Crippen LogP contribution >= 0.6 is 0 Å². The first kappa shape index (κ1) is 9.89. The Labute approximate surface area is 88.4 Å². The molecule has 0 bridgehead atoms. The minimum Gasteiger partial charge on any atom is -0.305 e. The van der Waals surface area contributed by atoms with E-state index >= 15 is 0 Å². The van der Waals surface area contributed by atoms with Crippen LogP contribution in [0, 0.1) is 0 Å². The third-order valence-corrected chi connectivity index (χ3v) is 2.08. The standard InChI is InChI=1S/C11H13N3O/c1-15-13-8-10-7-12-14(9-10)11-5-3-2-4-6-11/h2-7,9,13H,8H2,1H3. The summed E-state index contributed by atoms with van der Waals surface area (Å²) in [5.74, 6) is 0. The van der Waals surface area contributed by atoms with Crippen LogP contribution in [-0.4, -0.2) is 16.9 Å². The second-order valence-electron chi connectivity index (χ2n) is 3.15. The smallest absolute Gasteiger partial charge is 0.0645 e. The lowest BCUT2D eigenvalue weighted by molar-refractivity contribution is 0.0867.